The Bertz CT molecular complexity index is 1040. The van der Waals surface area contributed by atoms with Crippen LogP contribution >= 0.6 is 0 Å². The highest BCUT2D eigenvalue weighted by molar-refractivity contribution is 7.91. The van der Waals surface area contributed by atoms with Gasteiger partial charge in [0.1, 0.15) is 0 Å². The van der Waals surface area contributed by atoms with Crippen molar-refractivity contribution in [3.8, 4) is 0 Å². The Hall–Kier alpha value is -1.74. The Morgan fingerprint density at radius 3 is 1.58 bits per heavy atom. The van der Waals surface area contributed by atoms with Gasteiger partial charge in [-0.05, 0) is 61.1 Å². The van der Waals surface area contributed by atoms with Gasteiger partial charge in [-0.1, -0.05) is 24.3 Å². The van der Waals surface area contributed by atoms with Gasteiger partial charge in [-0.3, -0.25) is 0 Å². The lowest BCUT2D eigenvalue weighted by atomic mass is 10.00. The van der Waals surface area contributed by atoms with Gasteiger partial charge < -0.3 is 10.2 Å². The Morgan fingerprint density at radius 1 is 0.788 bits per heavy atom. The van der Waals surface area contributed by atoms with Gasteiger partial charge in [0.05, 0.1) is 42.0 Å². The van der Waals surface area contributed by atoms with E-state index in [4.69, 9.17) is 5.73 Å². The fourth-order valence-corrected chi connectivity index (χ4v) is 6.19. The summed E-state index contributed by atoms with van der Waals surface area (Å²) in [7, 11) is -6.33. The predicted octanol–water partition coefficient (Wildman–Crippen LogP) is 3.00. The third kappa shape index (κ3) is 7.64. The Kier molecular flexibility index (Phi) is 8.37. The summed E-state index contributed by atoms with van der Waals surface area (Å²) in [5.41, 5.74) is 8.68. The zero-order valence-corrected chi connectivity index (χ0v) is 21.4. The van der Waals surface area contributed by atoms with E-state index in [1.54, 1.807) is 24.3 Å². The van der Waals surface area contributed by atoms with Crippen LogP contribution in [-0.2, 0) is 32.5 Å². The fraction of sp³-hybridized carbons (Fsp3) is 0.520. The van der Waals surface area contributed by atoms with E-state index in [1.165, 1.54) is 12.5 Å². The smallest absolute Gasteiger partial charge is 0.175 e. The van der Waals surface area contributed by atoms with E-state index in [-0.39, 0.29) is 6.04 Å². The average molecular weight is 494 g/mol. The molecule has 0 saturated carbocycles. The SMILES string of the molecule is CS(=O)(=O)c1ccc(CCC[N+]2(CCCc3ccc(S(C)(=O)=O)cc3)CCCC(N)C2)cc1. The average Bonchev–Trinajstić information content (AvgIpc) is 2.73. The second kappa shape index (κ2) is 10.7. The van der Waals surface area contributed by atoms with Gasteiger partial charge in [0.25, 0.3) is 0 Å². The molecular formula is C25H37N2O4S2+. The highest BCUT2D eigenvalue weighted by Gasteiger charge is 2.32. The van der Waals surface area contributed by atoms with Gasteiger partial charge in [0.15, 0.2) is 19.7 Å². The van der Waals surface area contributed by atoms with Crippen molar-refractivity contribution in [2.24, 2.45) is 5.73 Å². The molecule has 0 aromatic heterocycles. The highest BCUT2D eigenvalue weighted by atomic mass is 32.2. The monoisotopic (exact) mass is 493 g/mol. The number of piperidine rings is 1. The molecule has 0 aliphatic carbocycles. The van der Waals surface area contributed by atoms with Gasteiger partial charge in [0.2, 0.25) is 0 Å². The Balaban J connectivity index is 1.57. The number of rotatable bonds is 10. The standard InChI is InChI=1S/C25H37N2O4S2/c1-32(28,29)24-13-9-21(10-14-24)6-3-17-27(19-5-8-23(26)20-27)18-4-7-22-11-15-25(16-12-22)33(2,30)31/h9-16,23H,3-8,17-20,26H2,1-2H3/q+1. The molecule has 0 bridgehead atoms. The lowest BCUT2D eigenvalue weighted by molar-refractivity contribution is -0.933. The molecule has 2 N–H and O–H groups in total. The molecule has 2 aromatic carbocycles. The van der Waals surface area contributed by atoms with Gasteiger partial charge in [-0.2, -0.15) is 0 Å². The predicted molar refractivity (Wildman–Crippen MR) is 133 cm³/mol. The van der Waals surface area contributed by atoms with E-state index in [0.29, 0.717) is 9.79 Å². The van der Waals surface area contributed by atoms with Gasteiger partial charge in [0, 0.05) is 25.4 Å². The van der Waals surface area contributed by atoms with Crippen molar-refractivity contribution in [2.75, 3.05) is 38.7 Å². The molecule has 6 nitrogen and oxygen atoms in total. The Morgan fingerprint density at radius 2 is 1.21 bits per heavy atom. The summed E-state index contributed by atoms with van der Waals surface area (Å²) in [6.07, 6.45) is 8.61. The van der Waals surface area contributed by atoms with E-state index in [9.17, 15) is 16.8 Å². The summed E-state index contributed by atoms with van der Waals surface area (Å²) >= 11 is 0. The van der Waals surface area contributed by atoms with Crippen molar-refractivity contribution in [1.29, 1.82) is 0 Å². The minimum Gasteiger partial charge on any atom is -0.323 e. The second-order valence-corrected chi connectivity index (χ2v) is 13.7. The highest BCUT2D eigenvalue weighted by Crippen LogP contribution is 2.22. The third-order valence-electron chi connectivity index (χ3n) is 6.73. The molecule has 1 fully saturated rings. The Labute approximate surface area is 199 Å². The minimum atomic E-state index is -3.16. The molecule has 33 heavy (non-hydrogen) atoms. The normalized spacial score (nSPS) is 18.8. The second-order valence-electron chi connectivity index (χ2n) is 9.64. The molecule has 1 unspecified atom stereocenters. The fourth-order valence-electron chi connectivity index (χ4n) is 4.93. The number of likely N-dealkylation sites (tertiary alicyclic amines) is 1. The summed E-state index contributed by atoms with van der Waals surface area (Å²) in [5.74, 6) is 0. The number of nitrogens with two attached hydrogens (primary N) is 1. The maximum absolute atomic E-state index is 11.7. The topological polar surface area (TPSA) is 94.3 Å². The molecular weight excluding hydrogens is 456 g/mol. The van der Waals surface area contributed by atoms with E-state index in [0.717, 1.165) is 80.3 Å². The molecule has 1 atom stereocenters. The summed E-state index contributed by atoms with van der Waals surface area (Å²) in [4.78, 5) is 0.725. The van der Waals surface area contributed by atoms with Crippen LogP contribution in [0.3, 0.4) is 0 Å². The third-order valence-corrected chi connectivity index (χ3v) is 8.98. The molecule has 182 valence electrons. The van der Waals surface area contributed by atoms with E-state index >= 15 is 0 Å². The zero-order chi connectivity index (χ0) is 24.1. The molecule has 1 aliphatic heterocycles. The zero-order valence-electron chi connectivity index (χ0n) is 19.7. The largest absolute Gasteiger partial charge is 0.323 e. The molecule has 3 rings (SSSR count). The van der Waals surface area contributed by atoms with Gasteiger partial charge in [-0.15, -0.1) is 0 Å². The first-order chi connectivity index (χ1) is 15.5. The van der Waals surface area contributed by atoms with Crippen molar-refractivity contribution >= 4 is 19.7 Å². The summed E-state index contributed by atoms with van der Waals surface area (Å²) < 4.78 is 47.7. The first kappa shape index (κ1) is 25.9. The van der Waals surface area contributed by atoms with Crippen LogP contribution in [0.1, 0.15) is 36.8 Å². The van der Waals surface area contributed by atoms with Crippen LogP contribution < -0.4 is 5.73 Å². The number of benzene rings is 2. The molecule has 1 aliphatic rings. The van der Waals surface area contributed by atoms with Crippen LogP contribution in [0.15, 0.2) is 58.3 Å². The van der Waals surface area contributed by atoms with Crippen LogP contribution in [0.25, 0.3) is 0 Å². The lowest BCUT2D eigenvalue weighted by Gasteiger charge is -2.44. The number of quaternary nitrogens is 1. The molecule has 1 heterocycles. The first-order valence-electron chi connectivity index (χ1n) is 11.7. The molecule has 2 aromatic rings. The van der Waals surface area contributed by atoms with Crippen molar-refractivity contribution in [3.05, 3.63) is 59.7 Å². The van der Waals surface area contributed by atoms with Crippen LogP contribution in [-0.4, -0.2) is 66.1 Å². The van der Waals surface area contributed by atoms with Gasteiger partial charge >= 0.3 is 0 Å². The van der Waals surface area contributed by atoms with E-state index < -0.39 is 19.7 Å². The summed E-state index contributed by atoms with van der Waals surface area (Å²) in [6.45, 7) is 4.27. The lowest BCUT2D eigenvalue weighted by Crippen LogP contribution is -2.58. The van der Waals surface area contributed by atoms with Crippen molar-refractivity contribution in [3.63, 3.8) is 0 Å². The van der Waals surface area contributed by atoms with Crippen LogP contribution in [0.4, 0.5) is 0 Å². The van der Waals surface area contributed by atoms with E-state index in [2.05, 4.69) is 0 Å². The molecule has 1 saturated heterocycles. The summed E-state index contributed by atoms with van der Waals surface area (Å²) in [5, 5.41) is 0. The molecule has 0 amide bonds. The van der Waals surface area contributed by atoms with E-state index in [1.807, 2.05) is 24.3 Å². The van der Waals surface area contributed by atoms with Crippen molar-refractivity contribution in [1.82, 2.24) is 0 Å². The van der Waals surface area contributed by atoms with Crippen molar-refractivity contribution < 1.29 is 21.3 Å². The molecule has 0 spiro atoms. The summed E-state index contributed by atoms with van der Waals surface area (Å²) in [6, 6.07) is 14.7. The maximum Gasteiger partial charge on any atom is 0.175 e. The van der Waals surface area contributed by atoms with Crippen molar-refractivity contribution in [2.45, 2.75) is 54.4 Å². The number of hydrogen-bond acceptors (Lipinski definition) is 5. The number of sulfone groups is 2. The number of aryl methyl sites for hydroxylation is 2. The number of hydrogen-bond donors (Lipinski definition) is 1. The van der Waals surface area contributed by atoms with Crippen LogP contribution in [0.5, 0.6) is 0 Å². The molecule has 0 radical (unpaired) electrons. The molecule has 8 heteroatoms. The first-order valence-corrected chi connectivity index (χ1v) is 15.4. The minimum absolute atomic E-state index is 0.238. The number of nitrogens with zero attached hydrogens (tertiary/aromatic N) is 1. The van der Waals surface area contributed by atoms with Gasteiger partial charge in [-0.25, -0.2) is 16.8 Å². The quantitative estimate of drug-likeness (QED) is 0.514. The van der Waals surface area contributed by atoms with Crippen LogP contribution in [0, 0.1) is 0 Å². The van der Waals surface area contributed by atoms with Crippen LogP contribution in [0.2, 0.25) is 0 Å². The maximum atomic E-state index is 11.7.